The molecule has 3 rings (SSSR count). The second kappa shape index (κ2) is 7.49. The van der Waals surface area contributed by atoms with Crippen molar-refractivity contribution >= 4 is 34.1 Å². The fourth-order valence-electron chi connectivity index (χ4n) is 2.21. The third-order valence-electron chi connectivity index (χ3n) is 3.38. The molecule has 0 radical (unpaired) electrons. The summed E-state index contributed by atoms with van der Waals surface area (Å²) in [6.07, 6.45) is 1.06. The molecule has 0 aliphatic heterocycles. The molecule has 130 valence electrons. The summed E-state index contributed by atoms with van der Waals surface area (Å²) in [4.78, 5) is 25.1. The molecule has 3 aromatic rings. The summed E-state index contributed by atoms with van der Waals surface area (Å²) in [5, 5.41) is 28.3. The molecule has 10 heteroatoms. The monoisotopic (exact) mass is 369 g/mol. The molecule has 1 aromatic heterocycles. The highest BCUT2D eigenvalue weighted by atomic mass is 32.1. The van der Waals surface area contributed by atoms with E-state index in [4.69, 9.17) is 0 Å². The predicted molar refractivity (Wildman–Crippen MR) is 98.5 cm³/mol. The Bertz CT molecular complexity index is 955. The number of rotatable bonds is 6. The number of anilines is 1. The van der Waals surface area contributed by atoms with Crippen LogP contribution in [-0.4, -0.2) is 21.0 Å². The number of aromatic nitrogens is 1. The molecule has 1 N–H and O–H groups in total. The fraction of sp³-hybridized carbons (Fsp3) is 0. The first kappa shape index (κ1) is 17.2. The zero-order valence-corrected chi connectivity index (χ0v) is 13.9. The minimum atomic E-state index is -0.689. The largest absolute Gasteiger partial charge is 0.285 e. The molecular formula is C16H11N5O4S. The van der Waals surface area contributed by atoms with Gasteiger partial charge in [-0.1, -0.05) is 30.3 Å². The van der Waals surface area contributed by atoms with E-state index in [9.17, 15) is 20.2 Å². The summed E-state index contributed by atoms with van der Waals surface area (Å²) in [6, 6.07) is 13.2. The van der Waals surface area contributed by atoms with Crippen LogP contribution >= 0.6 is 11.3 Å². The zero-order chi connectivity index (χ0) is 18.5. The lowest BCUT2D eigenvalue weighted by Crippen LogP contribution is -2.01. The van der Waals surface area contributed by atoms with Crippen LogP contribution in [0, 0.1) is 20.2 Å². The third-order valence-corrected chi connectivity index (χ3v) is 4.13. The highest BCUT2D eigenvalue weighted by molar-refractivity contribution is 7.14. The number of nitro benzene ring substituents is 2. The van der Waals surface area contributed by atoms with Crippen molar-refractivity contribution in [1.29, 1.82) is 0 Å². The van der Waals surface area contributed by atoms with E-state index in [-0.39, 0.29) is 5.56 Å². The number of hydrazone groups is 1. The van der Waals surface area contributed by atoms with E-state index in [1.807, 2.05) is 35.7 Å². The number of nitro groups is 2. The lowest BCUT2D eigenvalue weighted by molar-refractivity contribution is -0.394. The van der Waals surface area contributed by atoms with E-state index in [0.29, 0.717) is 5.13 Å². The molecule has 0 spiro atoms. The zero-order valence-electron chi connectivity index (χ0n) is 13.1. The van der Waals surface area contributed by atoms with Crippen LogP contribution < -0.4 is 5.43 Å². The second-order valence-electron chi connectivity index (χ2n) is 5.00. The molecule has 9 nitrogen and oxygen atoms in total. The summed E-state index contributed by atoms with van der Waals surface area (Å²) in [7, 11) is 0. The molecule has 0 saturated carbocycles. The number of thiazole rings is 1. The van der Waals surface area contributed by atoms with Gasteiger partial charge >= 0.3 is 0 Å². The molecule has 0 atom stereocenters. The number of benzene rings is 2. The smallest absolute Gasteiger partial charge is 0.258 e. The minimum Gasteiger partial charge on any atom is -0.258 e. The summed E-state index contributed by atoms with van der Waals surface area (Å²) in [5.41, 5.74) is 3.37. The standard InChI is InChI=1S/C16H11N5O4S/c22-20(23)14-7-4-8-15(21(24)25)12(14)9-17-19-16-18-13(10-26-16)11-5-2-1-3-6-11/h1-10H,(H,18,19). The van der Waals surface area contributed by atoms with Crippen LogP contribution in [0.15, 0.2) is 59.0 Å². The number of hydrogen-bond donors (Lipinski definition) is 1. The molecular weight excluding hydrogens is 358 g/mol. The number of nitrogens with one attached hydrogen (secondary N) is 1. The van der Waals surface area contributed by atoms with Gasteiger partial charge in [0.25, 0.3) is 11.4 Å². The normalized spacial score (nSPS) is 10.8. The van der Waals surface area contributed by atoms with Gasteiger partial charge in [-0.05, 0) is 6.07 Å². The quantitative estimate of drug-likeness (QED) is 0.397. The molecule has 0 saturated heterocycles. The first-order valence-electron chi connectivity index (χ1n) is 7.28. The van der Waals surface area contributed by atoms with E-state index in [1.165, 1.54) is 29.5 Å². The van der Waals surface area contributed by atoms with Crippen molar-refractivity contribution in [2.45, 2.75) is 0 Å². The Hall–Kier alpha value is -3.66. The molecule has 1 heterocycles. The van der Waals surface area contributed by atoms with Crippen molar-refractivity contribution in [2.75, 3.05) is 5.43 Å². The van der Waals surface area contributed by atoms with Crippen molar-refractivity contribution in [3.05, 3.63) is 79.7 Å². The van der Waals surface area contributed by atoms with Gasteiger partial charge in [0, 0.05) is 23.1 Å². The topological polar surface area (TPSA) is 124 Å². The first-order valence-corrected chi connectivity index (χ1v) is 8.16. The Morgan fingerprint density at radius 1 is 1.00 bits per heavy atom. The molecule has 0 amide bonds. The van der Waals surface area contributed by atoms with Crippen molar-refractivity contribution in [3.63, 3.8) is 0 Å². The van der Waals surface area contributed by atoms with E-state index in [0.717, 1.165) is 17.5 Å². The Kier molecular flexibility index (Phi) is 4.94. The van der Waals surface area contributed by atoms with Gasteiger partial charge in [0.15, 0.2) is 0 Å². The van der Waals surface area contributed by atoms with E-state index >= 15 is 0 Å². The van der Waals surface area contributed by atoms with Crippen molar-refractivity contribution in [3.8, 4) is 11.3 Å². The van der Waals surface area contributed by atoms with Gasteiger partial charge in [-0.3, -0.25) is 25.7 Å². The van der Waals surface area contributed by atoms with E-state index < -0.39 is 21.2 Å². The molecule has 0 unspecified atom stereocenters. The van der Waals surface area contributed by atoms with Crippen molar-refractivity contribution in [2.24, 2.45) is 5.10 Å². The average Bonchev–Trinajstić information content (AvgIpc) is 3.11. The maximum atomic E-state index is 11.1. The maximum Gasteiger partial charge on any atom is 0.285 e. The lowest BCUT2D eigenvalue weighted by Gasteiger charge is -1.99. The van der Waals surface area contributed by atoms with Crippen LogP contribution in [-0.2, 0) is 0 Å². The van der Waals surface area contributed by atoms with Crippen LogP contribution in [0.1, 0.15) is 5.56 Å². The van der Waals surface area contributed by atoms with Gasteiger partial charge in [0.2, 0.25) is 5.13 Å². The van der Waals surface area contributed by atoms with Gasteiger partial charge in [0.1, 0.15) is 5.56 Å². The van der Waals surface area contributed by atoms with Crippen LogP contribution in [0.2, 0.25) is 0 Å². The molecule has 0 bridgehead atoms. The SMILES string of the molecule is O=[N+]([O-])c1cccc([N+](=O)[O-])c1C=NNc1nc(-c2ccccc2)cs1. The Morgan fingerprint density at radius 3 is 2.27 bits per heavy atom. The summed E-state index contributed by atoms with van der Waals surface area (Å²) in [6.45, 7) is 0. The van der Waals surface area contributed by atoms with Gasteiger partial charge in [-0.2, -0.15) is 5.10 Å². The van der Waals surface area contributed by atoms with Crippen molar-refractivity contribution in [1.82, 2.24) is 4.98 Å². The number of hydrogen-bond acceptors (Lipinski definition) is 8. The van der Waals surface area contributed by atoms with Crippen LogP contribution in [0.4, 0.5) is 16.5 Å². The highest BCUT2D eigenvalue weighted by Crippen LogP contribution is 2.27. The third kappa shape index (κ3) is 3.70. The minimum absolute atomic E-state index is 0.185. The van der Waals surface area contributed by atoms with Crippen LogP contribution in [0.25, 0.3) is 11.3 Å². The Morgan fingerprint density at radius 2 is 1.65 bits per heavy atom. The summed E-state index contributed by atoms with van der Waals surface area (Å²) < 4.78 is 0. The van der Waals surface area contributed by atoms with E-state index in [2.05, 4.69) is 15.5 Å². The van der Waals surface area contributed by atoms with Crippen molar-refractivity contribution < 1.29 is 9.85 Å². The maximum absolute atomic E-state index is 11.1. The first-order chi connectivity index (χ1) is 12.6. The molecule has 2 aromatic carbocycles. The van der Waals surface area contributed by atoms with Crippen LogP contribution in [0.3, 0.4) is 0 Å². The predicted octanol–water partition coefficient (Wildman–Crippen LogP) is 4.07. The molecule has 0 aliphatic carbocycles. The summed E-state index contributed by atoms with van der Waals surface area (Å²) in [5.74, 6) is 0. The number of nitrogens with zero attached hydrogens (tertiary/aromatic N) is 4. The second-order valence-corrected chi connectivity index (χ2v) is 5.86. The average molecular weight is 369 g/mol. The lowest BCUT2D eigenvalue weighted by atomic mass is 10.1. The highest BCUT2D eigenvalue weighted by Gasteiger charge is 2.23. The van der Waals surface area contributed by atoms with Gasteiger partial charge in [-0.25, -0.2) is 4.98 Å². The Balaban J connectivity index is 1.82. The van der Waals surface area contributed by atoms with Crippen LogP contribution in [0.5, 0.6) is 0 Å². The molecule has 26 heavy (non-hydrogen) atoms. The van der Waals surface area contributed by atoms with E-state index in [1.54, 1.807) is 0 Å². The molecule has 0 fully saturated rings. The van der Waals surface area contributed by atoms with Gasteiger partial charge in [-0.15, -0.1) is 11.3 Å². The fourth-order valence-corrected chi connectivity index (χ4v) is 2.88. The van der Waals surface area contributed by atoms with Gasteiger partial charge in [0.05, 0.1) is 21.8 Å². The van der Waals surface area contributed by atoms with Gasteiger partial charge < -0.3 is 0 Å². The Labute approximate surface area is 150 Å². The summed E-state index contributed by atoms with van der Waals surface area (Å²) >= 11 is 1.30. The molecule has 0 aliphatic rings.